The Labute approximate surface area is 269 Å². The molecule has 0 radical (unpaired) electrons. The van der Waals surface area contributed by atoms with Gasteiger partial charge in [0.15, 0.2) is 11.4 Å². The van der Waals surface area contributed by atoms with E-state index in [1.54, 1.807) is 0 Å². The summed E-state index contributed by atoms with van der Waals surface area (Å²) in [5.41, 5.74) is 11.0. The molecule has 0 unspecified atom stereocenters. The first-order valence-electron chi connectivity index (χ1n) is 16.4. The number of para-hydroxylation sites is 2. The standard InChI is InChI=1S/C42H25BN4/c1-2-12-28(13-3-1)43-45-37(31-16-8-18-33-39-29-14-6-4-10-26(29)20-22-35(39)46(43)41(31)33)24-44-25-38(45)32-17-9-19-34-40-30-15-7-5-11-27(30)21-23-36(40)47(43)42(32)34/h1-25H. The summed E-state index contributed by atoms with van der Waals surface area (Å²) in [6.07, 6.45) is 4.17. The molecule has 0 bridgehead atoms. The van der Waals surface area contributed by atoms with Crippen LogP contribution in [0.3, 0.4) is 0 Å². The van der Waals surface area contributed by atoms with E-state index < -0.39 is 6.55 Å². The van der Waals surface area contributed by atoms with Crippen LogP contribution in [-0.4, -0.2) is 20.5 Å². The third-order valence-electron chi connectivity index (χ3n) is 11.2. The number of rotatable bonds is 1. The second-order valence-electron chi connectivity index (χ2n) is 13.2. The quantitative estimate of drug-likeness (QED) is 0.174. The minimum absolute atomic E-state index is 1.14. The molecule has 0 spiro atoms. The van der Waals surface area contributed by atoms with E-state index in [-0.39, 0.29) is 0 Å². The zero-order chi connectivity index (χ0) is 30.4. The van der Waals surface area contributed by atoms with Crippen LogP contribution in [0, 0.1) is 0 Å². The van der Waals surface area contributed by atoms with Gasteiger partial charge < -0.3 is 13.4 Å². The maximum Gasteiger partial charge on any atom is 0.514 e. The van der Waals surface area contributed by atoms with E-state index in [0.717, 1.165) is 11.4 Å². The van der Waals surface area contributed by atoms with E-state index in [9.17, 15) is 0 Å². The van der Waals surface area contributed by atoms with Crippen molar-refractivity contribution in [2.75, 3.05) is 0 Å². The van der Waals surface area contributed by atoms with Gasteiger partial charge in [0.25, 0.3) is 0 Å². The molecule has 4 nitrogen and oxygen atoms in total. The monoisotopic (exact) mass is 596 g/mol. The average Bonchev–Trinajstić information content (AvgIpc) is 3.68. The number of hydrogen-bond donors (Lipinski definition) is 0. The Morgan fingerprint density at radius 2 is 0.936 bits per heavy atom. The third-order valence-corrected chi connectivity index (χ3v) is 11.2. The van der Waals surface area contributed by atoms with Crippen molar-refractivity contribution in [2.45, 2.75) is 0 Å². The smallest absolute Gasteiger partial charge is 0.429 e. The van der Waals surface area contributed by atoms with Gasteiger partial charge in [-0.2, -0.15) is 0 Å². The van der Waals surface area contributed by atoms with E-state index in [0.29, 0.717) is 0 Å². The van der Waals surface area contributed by atoms with E-state index in [1.165, 1.54) is 81.7 Å². The highest BCUT2D eigenvalue weighted by Crippen LogP contribution is 2.48. The largest absolute Gasteiger partial charge is 0.514 e. The maximum atomic E-state index is 4.96. The van der Waals surface area contributed by atoms with Gasteiger partial charge in [0.1, 0.15) is 0 Å². The summed E-state index contributed by atoms with van der Waals surface area (Å²) >= 11 is 0. The van der Waals surface area contributed by atoms with Gasteiger partial charge in [0.05, 0.1) is 23.5 Å². The first kappa shape index (κ1) is 24.1. The zero-order valence-corrected chi connectivity index (χ0v) is 25.3. The lowest BCUT2D eigenvalue weighted by Crippen LogP contribution is -2.83. The van der Waals surface area contributed by atoms with Gasteiger partial charge in [-0.3, -0.25) is 4.98 Å². The molecule has 216 valence electrons. The van der Waals surface area contributed by atoms with Crippen LogP contribution in [0.2, 0.25) is 0 Å². The molecule has 0 fully saturated rings. The molecule has 47 heavy (non-hydrogen) atoms. The molecule has 0 saturated heterocycles. The van der Waals surface area contributed by atoms with E-state index in [1.807, 2.05) is 0 Å². The molecule has 3 aromatic heterocycles. The zero-order valence-electron chi connectivity index (χ0n) is 25.3. The Morgan fingerprint density at radius 1 is 0.447 bits per heavy atom. The number of nitrogens with zero attached hydrogens (tertiary/aromatic N) is 4. The Balaban J connectivity index is 1.45. The number of aromatic nitrogens is 4. The fourth-order valence-corrected chi connectivity index (χ4v) is 9.62. The summed E-state index contributed by atoms with van der Waals surface area (Å²) in [6, 6.07) is 51.8. The normalized spacial score (nSPS) is 14.1. The molecule has 7 aromatic carbocycles. The molecule has 0 amide bonds. The topological polar surface area (TPSA) is 26.6 Å². The predicted molar refractivity (Wildman–Crippen MR) is 194 cm³/mol. The number of fused-ring (bicyclic) bond motifs is 14. The fourth-order valence-electron chi connectivity index (χ4n) is 9.62. The van der Waals surface area contributed by atoms with Crippen molar-refractivity contribution in [2.24, 2.45) is 0 Å². The molecule has 0 atom stereocenters. The number of benzene rings is 7. The van der Waals surface area contributed by atoms with E-state index >= 15 is 0 Å². The highest BCUT2D eigenvalue weighted by atomic mass is 15.3. The second kappa shape index (κ2) is 8.14. The van der Waals surface area contributed by atoms with Crippen LogP contribution in [0.4, 0.5) is 0 Å². The summed E-state index contributed by atoms with van der Waals surface area (Å²) in [5.74, 6) is 0. The summed E-state index contributed by atoms with van der Waals surface area (Å²) in [7, 11) is 0. The highest BCUT2D eigenvalue weighted by Gasteiger charge is 2.55. The van der Waals surface area contributed by atoms with Crippen LogP contribution in [0.5, 0.6) is 0 Å². The van der Waals surface area contributed by atoms with Crippen LogP contribution >= 0.6 is 0 Å². The van der Waals surface area contributed by atoms with Crippen molar-refractivity contribution in [3.63, 3.8) is 0 Å². The van der Waals surface area contributed by atoms with Crippen molar-refractivity contribution in [3.8, 4) is 22.5 Å². The van der Waals surface area contributed by atoms with Crippen LogP contribution < -0.4 is 9.94 Å². The minimum atomic E-state index is -1.88. The van der Waals surface area contributed by atoms with E-state index in [2.05, 4.69) is 165 Å². The second-order valence-corrected chi connectivity index (χ2v) is 13.2. The van der Waals surface area contributed by atoms with Crippen molar-refractivity contribution in [1.29, 1.82) is 0 Å². The number of hydrogen-bond acceptors (Lipinski definition) is 1. The maximum absolute atomic E-state index is 4.96. The lowest BCUT2D eigenvalue weighted by molar-refractivity contribution is -0.527. The molecular weight excluding hydrogens is 571 g/mol. The van der Waals surface area contributed by atoms with Crippen LogP contribution in [0.15, 0.2) is 152 Å². The first-order chi connectivity index (χ1) is 23.4. The van der Waals surface area contributed by atoms with Crippen LogP contribution in [0.1, 0.15) is 0 Å². The van der Waals surface area contributed by atoms with Gasteiger partial charge >= 0.3 is 6.55 Å². The minimum Gasteiger partial charge on any atom is -0.429 e. The Hall–Kier alpha value is -6.20. The highest BCUT2D eigenvalue weighted by molar-refractivity contribution is 6.86. The average molecular weight is 597 g/mol. The van der Waals surface area contributed by atoms with Crippen LogP contribution in [0.25, 0.3) is 87.7 Å². The van der Waals surface area contributed by atoms with E-state index in [4.69, 9.17) is 4.98 Å². The molecule has 2 aliphatic heterocycles. The Bertz CT molecular complexity index is 2840. The van der Waals surface area contributed by atoms with Crippen molar-refractivity contribution in [3.05, 3.63) is 152 Å². The van der Waals surface area contributed by atoms with Crippen LogP contribution in [-0.2, 0) is 0 Å². The summed E-state index contributed by atoms with van der Waals surface area (Å²) in [6.45, 7) is -1.88. The third kappa shape index (κ3) is 2.60. The molecule has 0 N–H and O–H groups in total. The van der Waals surface area contributed by atoms with Gasteiger partial charge in [0, 0.05) is 43.6 Å². The SMILES string of the molecule is c1ccc([B-]23n4c5ccc6ccccc6c5c5cccc(c54)-c4cncc([n+]42)-c2cccc4c5c6ccccc6ccc5n3c24)cc1. The lowest BCUT2D eigenvalue weighted by Gasteiger charge is -2.47. The Morgan fingerprint density at radius 3 is 1.49 bits per heavy atom. The molecule has 2 aliphatic rings. The summed E-state index contributed by atoms with van der Waals surface area (Å²) in [4.78, 5) is 4.96. The van der Waals surface area contributed by atoms with Gasteiger partial charge in [-0.1, -0.05) is 121 Å². The van der Waals surface area contributed by atoms with Crippen molar-refractivity contribution in [1.82, 2.24) is 13.9 Å². The van der Waals surface area contributed by atoms with Crippen molar-refractivity contribution >= 4 is 77.2 Å². The molecular formula is C42H25BN4. The van der Waals surface area contributed by atoms with Gasteiger partial charge in [0.2, 0.25) is 0 Å². The van der Waals surface area contributed by atoms with Crippen molar-refractivity contribution < 1.29 is 4.48 Å². The predicted octanol–water partition coefficient (Wildman–Crippen LogP) is 8.64. The molecule has 5 heteroatoms. The molecule has 0 aliphatic carbocycles. The molecule has 0 saturated carbocycles. The Kier molecular flexibility index (Phi) is 4.17. The van der Waals surface area contributed by atoms with Gasteiger partial charge in [-0.05, 0) is 45.8 Å². The molecule has 5 heterocycles. The fraction of sp³-hybridized carbons (Fsp3) is 0. The summed E-state index contributed by atoms with van der Waals surface area (Å²) < 4.78 is 8.06. The molecule has 12 rings (SSSR count). The van der Waals surface area contributed by atoms with Gasteiger partial charge in [-0.15, -0.1) is 0 Å². The first-order valence-corrected chi connectivity index (χ1v) is 16.4. The molecule has 10 aromatic rings. The lowest BCUT2D eigenvalue weighted by atomic mass is 9.48. The van der Waals surface area contributed by atoms with Gasteiger partial charge in [-0.25, -0.2) is 0 Å². The summed E-state index contributed by atoms with van der Waals surface area (Å²) in [5, 5.41) is 10.2.